The Morgan fingerprint density at radius 2 is 2.23 bits per heavy atom. The number of benzene rings is 1. The molecule has 0 aliphatic rings. The fourth-order valence-electron chi connectivity index (χ4n) is 1.12. The normalized spacial score (nSPS) is 10.2. The molecule has 1 aromatic carbocycles. The lowest BCUT2D eigenvalue weighted by atomic mass is 10.3. The van der Waals surface area contributed by atoms with Crippen molar-refractivity contribution in [1.29, 1.82) is 0 Å². The van der Waals surface area contributed by atoms with E-state index in [1.54, 1.807) is 24.5 Å². The van der Waals surface area contributed by atoms with Gasteiger partial charge in [0.2, 0.25) is 0 Å². The lowest BCUT2D eigenvalue weighted by Crippen LogP contribution is -1.99. The van der Waals surface area contributed by atoms with Crippen LogP contribution < -0.4 is 5.73 Å². The number of nitrogen functional groups attached to an aromatic ring is 1. The van der Waals surface area contributed by atoms with E-state index in [-0.39, 0.29) is 5.82 Å². The highest BCUT2D eigenvalue weighted by Crippen LogP contribution is 2.15. The van der Waals surface area contributed by atoms with Crippen LogP contribution in [0.2, 0.25) is 0 Å². The maximum absolute atomic E-state index is 13.2. The van der Waals surface area contributed by atoms with Crippen LogP contribution in [-0.4, -0.2) is 9.78 Å². The number of nitrogens with two attached hydrogens (primary N) is 1. The van der Waals surface area contributed by atoms with E-state index in [1.165, 1.54) is 16.8 Å². The highest BCUT2D eigenvalue weighted by Gasteiger charge is 2.03. The number of anilines is 1. The van der Waals surface area contributed by atoms with E-state index in [0.29, 0.717) is 11.4 Å². The Hall–Kier alpha value is -1.84. The molecule has 0 spiro atoms. The molecule has 0 atom stereocenters. The van der Waals surface area contributed by atoms with Crippen molar-refractivity contribution in [2.45, 2.75) is 0 Å². The second kappa shape index (κ2) is 2.90. The van der Waals surface area contributed by atoms with E-state index >= 15 is 0 Å². The summed E-state index contributed by atoms with van der Waals surface area (Å²) in [7, 11) is 0. The van der Waals surface area contributed by atoms with Crippen LogP contribution in [0.3, 0.4) is 0 Å². The smallest absolute Gasteiger partial charge is 0.149 e. The average molecular weight is 177 g/mol. The van der Waals surface area contributed by atoms with E-state index in [4.69, 9.17) is 5.73 Å². The van der Waals surface area contributed by atoms with Crippen molar-refractivity contribution in [3.05, 3.63) is 42.5 Å². The molecule has 3 nitrogen and oxygen atoms in total. The zero-order valence-corrected chi connectivity index (χ0v) is 6.81. The van der Waals surface area contributed by atoms with Gasteiger partial charge in [0.15, 0.2) is 0 Å². The third kappa shape index (κ3) is 1.38. The summed E-state index contributed by atoms with van der Waals surface area (Å²) < 4.78 is 14.7. The predicted octanol–water partition coefficient (Wildman–Crippen LogP) is 1.59. The Morgan fingerprint density at radius 1 is 1.38 bits per heavy atom. The fraction of sp³-hybridized carbons (Fsp3) is 0. The van der Waals surface area contributed by atoms with Crippen LogP contribution in [-0.2, 0) is 0 Å². The molecule has 0 fully saturated rings. The monoisotopic (exact) mass is 177 g/mol. The van der Waals surface area contributed by atoms with Crippen molar-refractivity contribution >= 4 is 5.69 Å². The molecule has 2 rings (SSSR count). The Labute approximate surface area is 74.6 Å². The molecule has 0 aliphatic heterocycles. The number of aromatic nitrogens is 2. The maximum atomic E-state index is 13.2. The Balaban J connectivity index is 2.57. The highest BCUT2D eigenvalue weighted by atomic mass is 19.1. The van der Waals surface area contributed by atoms with E-state index in [2.05, 4.69) is 5.10 Å². The standard InChI is InChI=1S/C9H8FN3/c10-8-3-2-7(11)6-9(8)13-5-1-4-12-13/h1-6H,11H2. The van der Waals surface area contributed by atoms with Crippen LogP contribution in [0, 0.1) is 5.82 Å². The Kier molecular flexibility index (Phi) is 1.73. The summed E-state index contributed by atoms with van der Waals surface area (Å²) in [6.45, 7) is 0. The van der Waals surface area contributed by atoms with Crippen molar-refractivity contribution in [1.82, 2.24) is 9.78 Å². The van der Waals surface area contributed by atoms with Crippen molar-refractivity contribution in [2.24, 2.45) is 0 Å². The summed E-state index contributed by atoms with van der Waals surface area (Å²) in [5.74, 6) is -0.335. The molecule has 2 aromatic rings. The van der Waals surface area contributed by atoms with E-state index in [0.717, 1.165) is 0 Å². The van der Waals surface area contributed by atoms with Gasteiger partial charge in [0.25, 0.3) is 0 Å². The topological polar surface area (TPSA) is 43.8 Å². The van der Waals surface area contributed by atoms with Crippen molar-refractivity contribution < 1.29 is 4.39 Å². The number of hydrogen-bond acceptors (Lipinski definition) is 2. The molecule has 0 aliphatic carbocycles. The first-order valence-corrected chi connectivity index (χ1v) is 3.82. The zero-order chi connectivity index (χ0) is 9.26. The second-order valence-corrected chi connectivity index (χ2v) is 2.66. The lowest BCUT2D eigenvalue weighted by Gasteiger charge is -2.03. The van der Waals surface area contributed by atoms with Gasteiger partial charge in [-0.3, -0.25) is 0 Å². The van der Waals surface area contributed by atoms with Gasteiger partial charge >= 0.3 is 0 Å². The first-order chi connectivity index (χ1) is 6.27. The molecule has 2 N–H and O–H groups in total. The van der Waals surface area contributed by atoms with Crippen molar-refractivity contribution in [3.8, 4) is 5.69 Å². The van der Waals surface area contributed by atoms with E-state index in [9.17, 15) is 4.39 Å². The summed E-state index contributed by atoms with van der Waals surface area (Å²) in [6, 6.07) is 6.11. The first kappa shape index (κ1) is 7.79. The molecule has 66 valence electrons. The number of rotatable bonds is 1. The predicted molar refractivity (Wildman–Crippen MR) is 47.9 cm³/mol. The molecule has 0 amide bonds. The third-order valence-corrected chi connectivity index (χ3v) is 1.72. The van der Waals surface area contributed by atoms with Crippen LogP contribution >= 0.6 is 0 Å². The van der Waals surface area contributed by atoms with Gasteiger partial charge in [0.1, 0.15) is 11.5 Å². The molecule has 0 bridgehead atoms. The van der Waals surface area contributed by atoms with Gasteiger partial charge in [-0.15, -0.1) is 0 Å². The average Bonchev–Trinajstić information content (AvgIpc) is 2.61. The Morgan fingerprint density at radius 3 is 2.92 bits per heavy atom. The molecule has 1 heterocycles. The molecule has 0 radical (unpaired) electrons. The first-order valence-electron chi connectivity index (χ1n) is 3.82. The van der Waals surface area contributed by atoms with Crippen LogP contribution in [0.25, 0.3) is 5.69 Å². The summed E-state index contributed by atoms with van der Waals surface area (Å²) in [6.07, 6.45) is 3.25. The fourth-order valence-corrected chi connectivity index (χ4v) is 1.12. The molecule has 0 saturated carbocycles. The summed E-state index contributed by atoms with van der Waals surface area (Å²) in [4.78, 5) is 0. The minimum absolute atomic E-state index is 0.335. The molecule has 0 saturated heterocycles. The molecule has 1 aromatic heterocycles. The molecule has 0 unspecified atom stereocenters. The SMILES string of the molecule is Nc1ccc(F)c(-n2cccn2)c1. The summed E-state index contributed by atoms with van der Waals surface area (Å²) >= 11 is 0. The van der Waals surface area contributed by atoms with Gasteiger partial charge in [-0.2, -0.15) is 5.10 Å². The van der Waals surface area contributed by atoms with Gasteiger partial charge in [-0.05, 0) is 24.3 Å². The van der Waals surface area contributed by atoms with E-state index < -0.39 is 0 Å². The van der Waals surface area contributed by atoms with Gasteiger partial charge in [-0.1, -0.05) is 0 Å². The minimum Gasteiger partial charge on any atom is -0.399 e. The van der Waals surface area contributed by atoms with Crippen molar-refractivity contribution in [2.75, 3.05) is 5.73 Å². The lowest BCUT2D eigenvalue weighted by molar-refractivity contribution is 0.611. The largest absolute Gasteiger partial charge is 0.399 e. The molecule has 13 heavy (non-hydrogen) atoms. The van der Waals surface area contributed by atoms with Crippen molar-refractivity contribution in [3.63, 3.8) is 0 Å². The quantitative estimate of drug-likeness (QED) is 0.672. The molecular formula is C9H8FN3. The molecule has 4 heteroatoms. The number of hydrogen-bond donors (Lipinski definition) is 1. The van der Waals surface area contributed by atoms with Gasteiger partial charge in [0, 0.05) is 18.1 Å². The maximum Gasteiger partial charge on any atom is 0.149 e. The summed E-state index contributed by atoms with van der Waals surface area (Å²) in [5.41, 5.74) is 6.41. The summed E-state index contributed by atoms with van der Waals surface area (Å²) in [5, 5.41) is 3.91. The Bertz CT molecular complexity index is 409. The number of halogens is 1. The zero-order valence-electron chi connectivity index (χ0n) is 6.81. The highest BCUT2D eigenvalue weighted by molar-refractivity contribution is 5.47. The van der Waals surface area contributed by atoms with Crippen LogP contribution in [0.5, 0.6) is 0 Å². The van der Waals surface area contributed by atoms with Crippen LogP contribution in [0.1, 0.15) is 0 Å². The van der Waals surface area contributed by atoms with Gasteiger partial charge < -0.3 is 5.73 Å². The third-order valence-electron chi connectivity index (χ3n) is 1.72. The van der Waals surface area contributed by atoms with Crippen LogP contribution in [0.4, 0.5) is 10.1 Å². The van der Waals surface area contributed by atoms with Gasteiger partial charge in [-0.25, -0.2) is 9.07 Å². The van der Waals surface area contributed by atoms with Gasteiger partial charge in [0.05, 0.1) is 0 Å². The van der Waals surface area contributed by atoms with E-state index in [1.807, 2.05) is 0 Å². The molecular weight excluding hydrogens is 169 g/mol. The minimum atomic E-state index is -0.335. The number of nitrogens with zero attached hydrogens (tertiary/aromatic N) is 2. The van der Waals surface area contributed by atoms with Crippen LogP contribution in [0.15, 0.2) is 36.7 Å². The second-order valence-electron chi connectivity index (χ2n) is 2.66.